The van der Waals surface area contributed by atoms with E-state index in [1.54, 1.807) is 0 Å². The number of nitrogens with zero attached hydrogens (tertiary/aromatic N) is 5. The van der Waals surface area contributed by atoms with Crippen molar-refractivity contribution >= 4 is 44.9 Å². The first-order valence-corrected chi connectivity index (χ1v) is 15.5. The topological polar surface area (TPSA) is 48.5 Å². The van der Waals surface area contributed by atoms with E-state index in [4.69, 9.17) is 9.97 Å². The van der Waals surface area contributed by atoms with Crippen molar-refractivity contribution < 1.29 is 0 Å². The summed E-state index contributed by atoms with van der Waals surface area (Å²) in [6.45, 7) is 4.12. The maximum atomic E-state index is 4.95. The zero-order valence-corrected chi connectivity index (χ0v) is 25.7. The van der Waals surface area contributed by atoms with Crippen molar-refractivity contribution in [2.24, 2.45) is 0 Å². The van der Waals surface area contributed by atoms with Gasteiger partial charge in [-0.1, -0.05) is 78.9 Å². The Bertz CT molecular complexity index is 2410. The molecule has 46 heavy (non-hydrogen) atoms. The second kappa shape index (κ2) is 11.5. The second-order valence-electron chi connectivity index (χ2n) is 11.3. The van der Waals surface area contributed by atoms with Crippen LogP contribution in [-0.4, -0.2) is 24.1 Å². The maximum absolute atomic E-state index is 4.95. The first-order chi connectivity index (χ1) is 22.7. The van der Waals surface area contributed by atoms with E-state index in [9.17, 15) is 0 Å². The standard InChI is InChI=1S/C41H31N5/c1-3-11-32-34-23-36(43-26-40(34)45(38(32)12-4-2)30-13-7-5-8-14-30)28-17-19-29(20-18-28)37-24-35-33-21-22-42-25-39(33)46(41(35)27-44-37)31-15-9-6-10-16-31/h3-27H,1-2H3/b11-3-,12-4+. The number of benzene rings is 3. The summed E-state index contributed by atoms with van der Waals surface area (Å²) in [5.74, 6) is 0. The van der Waals surface area contributed by atoms with Crippen LogP contribution in [0.1, 0.15) is 25.1 Å². The lowest BCUT2D eigenvalue weighted by atomic mass is 10.0. The molecule has 5 nitrogen and oxygen atoms in total. The van der Waals surface area contributed by atoms with Crippen LogP contribution in [0.15, 0.2) is 140 Å². The minimum absolute atomic E-state index is 0.928. The highest BCUT2D eigenvalue weighted by Crippen LogP contribution is 2.36. The third-order valence-corrected chi connectivity index (χ3v) is 8.55. The first-order valence-electron chi connectivity index (χ1n) is 15.5. The molecule has 0 unspecified atom stereocenters. The fraction of sp³-hybridized carbons (Fsp3) is 0.0488. The Morgan fingerprint density at radius 1 is 0.522 bits per heavy atom. The molecule has 220 valence electrons. The van der Waals surface area contributed by atoms with Gasteiger partial charge in [-0.25, -0.2) is 0 Å². The van der Waals surface area contributed by atoms with Gasteiger partial charge in [-0.3, -0.25) is 15.0 Å². The summed E-state index contributed by atoms with van der Waals surface area (Å²) < 4.78 is 4.52. The highest BCUT2D eigenvalue weighted by molar-refractivity contribution is 6.09. The summed E-state index contributed by atoms with van der Waals surface area (Å²) in [5.41, 5.74) is 11.7. The zero-order chi connectivity index (χ0) is 31.0. The number of hydrogen-bond donors (Lipinski definition) is 0. The minimum Gasteiger partial charge on any atom is -0.308 e. The van der Waals surface area contributed by atoms with E-state index in [0.29, 0.717) is 0 Å². The van der Waals surface area contributed by atoms with Crippen LogP contribution in [0.5, 0.6) is 0 Å². The molecule has 0 N–H and O–H groups in total. The lowest BCUT2D eigenvalue weighted by Crippen LogP contribution is -1.97. The molecule has 0 saturated carbocycles. The molecule has 8 rings (SSSR count). The number of aromatic nitrogens is 5. The fourth-order valence-corrected chi connectivity index (χ4v) is 6.50. The van der Waals surface area contributed by atoms with Crippen LogP contribution in [0.2, 0.25) is 0 Å². The van der Waals surface area contributed by atoms with Crippen LogP contribution in [0.3, 0.4) is 0 Å². The van der Waals surface area contributed by atoms with Crippen molar-refractivity contribution in [1.29, 1.82) is 0 Å². The largest absolute Gasteiger partial charge is 0.308 e. The number of fused-ring (bicyclic) bond motifs is 4. The van der Waals surface area contributed by atoms with E-state index in [1.807, 2.05) is 36.9 Å². The van der Waals surface area contributed by atoms with Gasteiger partial charge in [-0.05, 0) is 62.4 Å². The normalized spacial score (nSPS) is 12.0. The van der Waals surface area contributed by atoms with Gasteiger partial charge in [-0.2, -0.15) is 0 Å². The van der Waals surface area contributed by atoms with Crippen molar-refractivity contribution in [2.45, 2.75) is 13.8 Å². The van der Waals surface area contributed by atoms with Crippen molar-refractivity contribution in [1.82, 2.24) is 24.1 Å². The fourth-order valence-electron chi connectivity index (χ4n) is 6.50. The molecule has 5 heteroatoms. The molecular formula is C41H31N5. The molecule has 0 fully saturated rings. The van der Waals surface area contributed by atoms with Crippen molar-refractivity contribution in [3.63, 3.8) is 0 Å². The third kappa shape index (κ3) is 4.52. The first kappa shape index (κ1) is 27.5. The zero-order valence-electron chi connectivity index (χ0n) is 25.7. The maximum Gasteiger partial charge on any atom is 0.0725 e. The van der Waals surface area contributed by atoms with Gasteiger partial charge in [0.15, 0.2) is 0 Å². The second-order valence-corrected chi connectivity index (χ2v) is 11.3. The van der Waals surface area contributed by atoms with E-state index < -0.39 is 0 Å². The monoisotopic (exact) mass is 593 g/mol. The van der Waals surface area contributed by atoms with Crippen LogP contribution in [0.4, 0.5) is 0 Å². The minimum atomic E-state index is 0.928. The van der Waals surface area contributed by atoms with Crippen molar-refractivity contribution in [2.75, 3.05) is 0 Å². The van der Waals surface area contributed by atoms with Gasteiger partial charge in [0.05, 0.1) is 52.2 Å². The Labute approximate surface area is 267 Å². The summed E-state index contributed by atoms with van der Waals surface area (Å²) in [4.78, 5) is 14.3. The van der Waals surface area contributed by atoms with E-state index in [0.717, 1.165) is 66.9 Å². The number of pyridine rings is 3. The van der Waals surface area contributed by atoms with Crippen LogP contribution >= 0.6 is 0 Å². The van der Waals surface area contributed by atoms with Gasteiger partial charge >= 0.3 is 0 Å². The molecule has 0 aliphatic rings. The van der Waals surface area contributed by atoms with E-state index in [2.05, 4.69) is 143 Å². The van der Waals surface area contributed by atoms with Crippen LogP contribution in [0, 0.1) is 0 Å². The summed E-state index contributed by atoms with van der Waals surface area (Å²) >= 11 is 0. The molecule has 8 aromatic rings. The van der Waals surface area contributed by atoms with Gasteiger partial charge in [0, 0.05) is 50.4 Å². The van der Waals surface area contributed by atoms with Crippen LogP contribution < -0.4 is 0 Å². The van der Waals surface area contributed by atoms with Gasteiger partial charge < -0.3 is 9.13 Å². The summed E-state index contributed by atoms with van der Waals surface area (Å²) in [7, 11) is 0. The number of hydrogen-bond acceptors (Lipinski definition) is 3. The molecular weight excluding hydrogens is 562 g/mol. The molecule has 5 aromatic heterocycles. The molecule has 0 bridgehead atoms. The van der Waals surface area contributed by atoms with E-state index in [-0.39, 0.29) is 0 Å². The van der Waals surface area contributed by atoms with Crippen LogP contribution in [0.25, 0.3) is 78.8 Å². The van der Waals surface area contributed by atoms with Gasteiger partial charge in [0.25, 0.3) is 0 Å². The predicted molar refractivity (Wildman–Crippen MR) is 191 cm³/mol. The lowest BCUT2D eigenvalue weighted by Gasteiger charge is -2.09. The SMILES string of the molecule is C/C=C\c1c(/C=C/C)n(-c2ccccc2)c2cnc(-c3ccc(-c4cc5c6ccncc6n(-c6ccccc6)c5cn4)cc3)cc12. The summed E-state index contributed by atoms with van der Waals surface area (Å²) in [6, 6.07) is 35.9. The Kier molecular flexibility index (Phi) is 6.84. The Morgan fingerprint density at radius 2 is 1.07 bits per heavy atom. The summed E-state index contributed by atoms with van der Waals surface area (Å²) in [5, 5.41) is 3.47. The highest BCUT2D eigenvalue weighted by atomic mass is 15.0. The molecule has 0 radical (unpaired) electrons. The molecule has 0 aliphatic heterocycles. The van der Waals surface area contributed by atoms with Crippen LogP contribution in [-0.2, 0) is 0 Å². The average molecular weight is 594 g/mol. The van der Waals surface area contributed by atoms with Crippen molar-refractivity contribution in [3.05, 3.63) is 151 Å². The molecule has 0 saturated heterocycles. The van der Waals surface area contributed by atoms with Crippen molar-refractivity contribution in [3.8, 4) is 33.9 Å². The number of para-hydroxylation sites is 2. The lowest BCUT2D eigenvalue weighted by molar-refractivity contribution is 1.10. The highest BCUT2D eigenvalue weighted by Gasteiger charge is 2.17. The smallest absolute Gasteiger partial charge is 0.0725 e. The molecule has 0 aliphatic carbocycles. The molecule has 0 atom stereocenters. The predicted octanol–water partition coefficient (Wildman–Crippen LogP) is 10.3. The quantitative estimate of drug-likeness (QED) is 0.193. The van der Waals surface area contributed by atoms with Gasteiger partial charge in [0.2, 0.25) is 0 Å². The number of allylic oxidation sites excluding steroid dienone is 2. The Balaban J connectivity index is 1.21. The van der Waals surface area contributed by atoms with Gasteiger partial charge in [0.1, 0.15) is 0 Å². The average Bonchev–Trinajstić information content (AvgIpc) is 3.61. The van der Waals surface area contributed by atoms with E-state index >= 15 is 0 Å². The number of rotatable bonds is 6. The Hall–Kier alpha value is -6.07. The van der Waals surface area contributed by atoms with E-state index in [1.165, 1.54) is 10.9 Å². The molecule has 0 spiro atoms. The Morgan fingerprint density at radius 3 is 1.67 bits per heavy atom. The molecule has 5 heterocycles. The van der Waals surface area contributed by atoms with Gasteiger partial charge in [-0.15, -0.1) is 0 Å². The molecule has 0 amide bonds. The third-order valence-electron chi connectivity index (χ3n) is 8.55. The molecule has 3 aromatic carbocycles. The summed E-state index contributed by atoms with van der Waals surface area (Å²) in [6.07, 6.45) is 16.3.